The molecule has 2 aliphatic heterocycles. The molecule has 2 bridgehead atoms. The van der Waals surface area contributed by atoms with E-state index in [1.807, 2.05) is 18.2 Å². The molecule has 140 valence electrons. The van der Waals surface area contributed by atoms with Crippen LogP contribution in [0, 0.1) is 5.92 Å². The molecular weight excluding hydrogens is 379 g/mol. The van der Waals surface area contributed by atoms with Gasteiger partial charge in [0, 0.05) is 40.5 Å². The van der Waals surface area contributed by atoms with Crippen molar-refractivity contribution >= 4 is 41.5 Å². The Bertz CT molecular complexity index is 588. The van der Waals surface area contributed by atoms with Gasteiger partial charge in [0.2, 0.25) is 5.91 Å². The first-order chi connectivity index (χ1) is 11.3. The number of carbonyl (C=O) groups is 1. The van der Waals surface area contributed by atoms with Crippen LogP contribution in [0.3, 0.4) is 0 Å². The minimum absolute atomic E-state index is 0. The molecule has 0 spiro atoms. The van der Waals surface area contributed by atoms with Gasteiger partial charge in [-0.3, -0.25) is 4.79 Å². The Hall–Kier alpha value is -0.480. The minimum atomic E-state index is -0.307. The summed E-state index contributed by atoms with van der Waals surface area (Å²) >= 11 is 12.6. The molecule has 2 fully saturated rings. The quantitative estimate of drug-likeness (QED) is 0.743. The summed E-state index contributed by atoms with van der Waals surface area (Å²) in [6, 6.07) is 6.78. The van der Waals surface area contributed by atoms with E-state index in [1.54, 1.807) is 0 Å². The first-order valence-electron chi connectivity index (χ1n) is 8.82. The van der Waals surface area contributed by atoms with Gasteiger partial charge in [0.1, 0.15) is 0 Å². The summed E-state index contributed by atoms with van der Waals surface area (Å²) in [6.45, 7) is 4.66. The highest BCUT2D eigenvalue weighted by Gasteiger charge is 2.34. The van der Waals surface area contributed by atoms with E-state index >= 15 is 0 Å². The SMILES string of the molecule is CC(C)(CNC(=O)CC1CC2CCC(C1)N2)c1c(Cl)cccc1Cl.Cl. The summed E-state index contributed by atoms with van der Waals surface area (Å²) in [4.78, 5) is 12.4. The van der Waals surface area contributed by atoms with E-state index in [1.165, 1.54) is 12.8 Å². The number of hydrogen-bond acceptors (Lipinski definition) is 2. The number of piperidine rings is 1. The predicted molar refractivity (Wildman–Crippen MR) is 107 cm³/mol. The van der Waals surface area contributed by atoms with Crippen molar-refractivity contribution in [1.29, 1.82) is 0 Å². The van der Waals surface area contributed by atoms with E-state index in [-0.39, 0.29) is 23.7 Å². The van der Waals surface area contributed by atoms with Crippen LogP contribution in [0.5, 0.6) is 0 Å². The van der Waals surface area contributed by atoms with E-state index in [9.17, 15) is 4.79 Å². The van der Waals surface area contributed by atoms with Crippen LogP contribution in [-0.2, 0) is 10.2 Å². The molecule has 0 radical (unpaired) electrons. The zero-order valence-corrected chi connectivity index (χ0v) is 17.1. The lowest BCUT2D eigenvalue weighted by Gasteiger charge is -2.30. The summed E-state index contributed by atoms with van der Waals surface area (Å²) in [6.07, 6.45) is 5.41. The molecule has 25 heavy (non-hydrogen) atoms. The van der Waals surface area contributed by atoms with Gasteiger partial charge in [-0.05, 0) is 49.3 Å². The van der Waals surface area contributed by atoms with Crippen molar-refractivity contribution in [3.05, 3.63) is 33.8 Å². The van der Waals surface area contributed by atoms with Gasteiger partial charge in [-0.25, -0.2) is 0 Å². The lowest BCUT2D eigenvalue weighted by Crippen LogP contribution is -2.41. The number of fused-ring (bicyclic) bond motifs is 2. The van der Waals surface area contributed by atoms with Gasteiger partial charge in [-0.1, -0.05) is 43.1 Å². The van der Waals surface area contributed by atoms with Gasteiger partial charge in [0.05, 0.1) is 0 Å². The van der Waals surface area contributed by atoms with Crippen LogP contribution in [0.4, 0.5) is 0 Å². The van der Waals surface area contributed by atoms with Gasteiger partial charge >= 0.3 is 0 Å². The number of amides is 1. The Kier molecular flexibility index (Phi) is 7.06. The second kappa shape index (κ2) is 8.47. The number of rotatable bonds is 5. The van der Waals surface area contributed by atoms with Gasteiger partial charge in [-0.2, -0.15) is 0 Å². The van der Waals surface area contributed by atoms with Gasteiger partial charge in [-0.15, -0.1) is 12.4 Å². The molecule has 3 rings (SSSR count). The zero-order valence-electron chi connectivity index (χ0n) is 14.8. The Morgan fingerprint density at radius 1 is 1.20 bits per heavy atom. The van der Waals surface area contributed by atoms with Crippen LogP contribution in [0.25, 0.3) is 0 Å². The predicted octanol–water partition coefficient (Wildman–Crippen LogP) is 4.73. The fraction of sp³-hybridized carbons (Fsp3) is 0.632. The molecular formula is C19H27Cl3N2O. The average Bonchev–Trinajstić information content (AvgIpc) is 2.84. The average molecular weight is 406 g/mol. The molecule has 0 aliphatic carbocycles. The third kappa shape index (κ3) is 5.03. The first kappa shape index (κ1) is 20.8. The Morgan fingerprint density at radius 2 is 1.76 bits per heavy atom. The smallest absolute Gasteiger partial charge is 0.220 e. The molecule has 0 aromatic heterocycles. The van der Waals surface area contributed by atoms with E-state index in [0.29, 0.717) is 41.0 Å². The normalized spacial score (nSPS) is 25.4. The van der Waals surface area contributed by atoms with E-state index in [4.69, 9.17) is 23.2 Å². The second-order valence-corrected chi connectivity index (χ2v) is 8.75. The van der Waals surface area contributed by atoms with E-state index < -0.39 is 0 Å². The van der Waals surface area contributed by atoms with Crippen molar-refractivity contribution in [2.75, 3.05) is 6.54 Å². The van der Waals surface area contributed by atoms with Gasteiger partial charge in [0.15, 0.2) is 0 Å². The van der Waals surface area contributed by atoms with Crippen molar-refractivity contribution in [2.24, 2.45) is 5.92 Å². The molecule has 3 nitrogen and oxygen atoms in total. The maximum Gasteiger partial charge on any atom is 0.220 e. The lowest BCUT2D eigenvalue weighted by molar-refractivity contribution is -0.122. The maximum atomic E-state index is 12.4. The highest BCUT2D eigenvalue weighted by atomic mass is 35.5. The molecule has 2 aliphatic rings. The number of halogens is 3. The van der Waals surface area contributed by atoms with E-state index in [2.05, 4.69) is 24.5 Å². The standard InChI is InChI=1S/C19H26Cl2N2O.ClH/c1-19(2,18-15(20)4-3-5-16(18)21)11-22-17(24)10-12-8-13-6-7-14(9-12)23-13;/h3-5,12-14,23H,6-11H2,1-2H3,(H,22,24);1H. The summed E-state index contributed by atoms with van der Waals surface area (Å²) in [7, 11) is 0. The number of benzene rings is 1. The van der Waals surface area contributed by atoms with Crippen molar-refractivity contribution in [1.82, 2.24) is 10.6 Å². The van der Waals surface area contributed by atoms with Crippen LogP contribution >= 0.6 is 35.6 Å². The van der Waals surface area contributed by atoms with Crippen LogP contribution < -0.4 is 10.6 Å². The molecule has 2 saturated heterocycles. The summed E-state index contributed by atoms with van der Waals surface area (Å²) in [5.41, 5.74) is 0.589. The molecule has 1 amide bonds. The highest BCUT2D eigenvalue weighted by molar-refractivity contribution is 6.36. The monoisotopic (exact) mass is 404 g/mol. The molecule has 1 aromatic carbocycles. The lowest BCUT2D eigenvalue weighted by atomic mass is 9.84. The largest absolute Gasteiger partial charge is 0.355 e. The third-order valence-corrected chi connectivity index (χ3v) is 6.04. The van der Waals surface area contributed by atoms with Crippen molar-refractivity contribution in [3.8, 4) is 0 Å². The molecule has 6 heteroatoms. The Morgan fingerprint density at radius 3 is 2.32 bits per heavy atom. The number of carbonyl (C=O) groups excluding carboxylic acids is 1. The fourth-order valence-electron chi connectivity index (χ4n) is 4.23. The number of hydrogen-bond donors (Lipinski definition) is 2. The molecule has 2 heterocycles. The Balaban J connectivity index is 0.00000225. The molecule has 2 atom stereocenters. The summed E-state index contributed by atoms with van der Waals surface area (Å²) in [5, 5.41) is 8.02. The second-order valence-electron chi connectivity index (χ2n) is 7.94. The Labute approximate surface area is 166 Å². The van der Waals surface area contributed by atoms with Crippen molar-refractivity contribution in [2.45, 2.75) is 63.5 Å². The minimum Gasteiger partial charge on any atom is -0.355 e. The molecule has 0 saturated carbocycles. The van der Waals surface area contributed by atoms with Gasteiger partial charge in [0.25, 0.3) is 0 Å². The number of nitrogens with one attached hydrogen (secondary N) is 2. The first-order valence-corrected chi connectivity index (χ1v) is 9.58. The summed E-state index contributed by atoms with van der Waals surface area (Å²) in [5.74, 6) is 0.647. The molecule has 1 aromatic rings. The maximum absolute atomic E-state index is 12.4. The molecule has 2 unspecified atom stereocenters. The van der Waals surface area contributed by atoms with Gasteiger partial charge < -0.3 is 10.6 Å². The van der Waals surface area contributed by atoms with E-state index in [0.717, 1.165) is 18.4 Å². The van der Waals surface area contributed by atoms with Crippen LogP contribution in [0.2, 0.25) is 10.0 Å². The van der Waals surface area contributed by atoms with Crippen molar-refractivity contribution in [3.63, 3.8) is 0 Å². The third-order valence-electron chi connectivity index (χ3n) is 5.41. The zero-order chi connectivity index (χ0) is 17.3. The topological polar surface area (TPSA) is 41.1 Å². The van der Waals surface area contributed by atoms with Crippen LogP contribution in [-0.4, -0.2) is 24.5 Å². The van der Waals surface area contributed by atoms with Crippen LogP contribution in [0.15, 0.2) is 18.2 Å². The fourth-order valence-corrected chi connectivity index (χ4v) is 5.14. The van der Waals surface area contributed by atoms with Crippen LogP contribution in [0.1, 0.15) is 51.5 Å². The molecule has 2 N–H and O–H groups in total. The van der Waals surface area contributed by atoms with Crippen molar-refractivity contribution < 1.29 is 4.79 Å². The summed E-state index contributed by atoms with van der Waals surface area (Å²) < 4.78 is 0. The highest BCUT2D eigenvalue weighted by Crippen LogP contribution is 2.36.